The summed E-state index contributed by atoms with van der Waals surface area (Å²) in [7, 11) is 0. The quantitative estimate of drug-likeness (QED) is 0.0667. The van der Waals surface area contributed by atoms with Gasteiger partial charge in [-0.2, -0.15) is 4.98 Å². The predicted octanol–water partition coefficient (Wildman–Crippen LogP) is 0.556. The second-order valence-corrected chi connectivity index (χ2v) is 10.7. The van der Waals surface area contributed by atoms with E-state index in [0.29, 0.717) is 10.6 Å². The molecule has 2 aliphatic heterocycles. The number of thiazole rings is 1. The lowest BCUT2D eigenvalue weighted by atomic mass is 10.0. The van der Waals surface area contributed by atoms with Gasteiger partial charge < -0.3 is 32.8 Å². The van der Waals surface area contributed by atoms with Crippen molar-refractivity contribution in [2.24, 2.45) is 5.16 Å². The average molecular weight is 570 g/mol. The first-order valence-corrected chi connectivity index (χ1v) is 12.8. The van der Waals surface area contributed by atoms with Crippen LogP contribution in [0.25, 0.3) is 0 Å². The fourth-order valence-electron chi connectivity index (χ4n) is 3.35. The van der Waals surface area contributed by atoms with E-state index in [9.17, 15) is 24.7 Å². The Bertz CT molecular complexity index is 1340. The number of nitrogens with one attached hydrogen (secondary N) is 1. The molecule has 14 nitrogen and oxygen atoms in total. The molecular weight excluding hydrogens is 554 g/mol. The minimum Gasteiger partial charge on any atom is -0.477 e. The van der Waals surface area contributed by atoms with Crippen molar-refractivity contribution >= 4 is 86.9 Å². The summed E-state index contributed by atoms with van der Waals surface area (Å²) in [5.74, 6) is -2.44. The highest BCUT2D eigenvalue weighted by atomic mass is 35.5. The minimum absolute atomic E-state index is 0.00147. The van der Waals surface area contributed by atoms with Gasteiger partial charge in [-0.3, -0.25) is 14.5 Å². The number of halogens is 1. The molecule has 0 unspecified atom stereocenters. The lowest BCUT2D eigenvalue weighted by Gasteiger charge is -2.49. The molecule has 4 rings (SSSR count). The third-order valence-electron chi connectivity index (χ3n) is 4.83. The van der Waals surface area contributed by atoms with Crippen molar-refractivity contribution in [1.29, 1.82) is 0 Å². The summed E-state index contributed by atoms with van der Waals surface area (Å²) in [4.78, 5) is 50.3. The lowest BCUT2D eigenvalue weighted by Crippen LogP contribution is -2.71. The van der Waals surface area contributed by atoms with E-state index >= 15 is 0 Å². The Hall–Kier alpha value is -3.54. The topological polar surface area (TPSA) is 236 Å². The van der Waals surface area contributed by atoms with Gasteiger partial charge in [0, 0.05) is 11.8 Å². The second-order valence-electron chi connectivity index (χ2n) is 7.07. The van der Waals surface area contributed by atoms with Crippen LogP contribution in [0, 0.1) is 0 Å². The Balaban J connectivity index is 1.49. The number of aliphatic carboxylic acids is 1. The molecule has 0 bridgehead atoms. The van der Waals surface area contributed by atoms with Crippen LogP contribution in [-0.2, 0) is 14.4 Å². The van der Waals surface area contributed by atoms with Crippen molar-refractivity contribution in [3.63, 3.8) is 0 Å². The number of β-lactam (4-membered cyclic amide) rings is 1. The first kappa shape index (κ1) is 25.5. The van der Waals surface area contributed by atoms with E-state index in [4.69, 9.17) is 28.8 Å². The van der Waals surface area contributed by atoms with Gasteiger partial charge in [0.1, 0.15) is 38.0 Å². The SMILES string of the molecule is Nc1cc(S/C=C/C2=C(C(=O)O)N3C(=O)[C@@H](NC(=O)C(=NO)c4nc(N)sc4Cl)[C@H]3SC2)nc(N)n1. The Morgan fingerprint density at radius 1 is 1.31 bits per heavy atom. The van der Waals surface area contributed by atoms with Gasteiger partial charge in [0.15, 0.2) is 10.8 Å². The number of allylic oxidation sites excluding steroid dienone is 1. The zero-order chi connectivity index (χ0) is 26.1. The molecule has 36 heavy (non-hydrogen) atoms. The number of carboxylic acids is 1. The molecule has 1 fully saturated rings. The zero-order valence-electron chi connectivity index (χ0n) is 17.8. The number of hydrogen-bond acceptors (Lipinski definition) is 14. The molecule has 0 spiro atoms. The third kappa shape index (κ3) is 4.90. The number of nitrogens with zero attached hydrogens (tertiary/aromatic N) is 5. The van der Waals surface area contributed by atoms with Crippen LogP contribution in [0.15, 0.2) is 39.0 Å². The van der Waals surface area contributed by atoms with Gasteiger partial charge in [0.05, 0.1) is 0 Å². The molecule has 2 aromatic heterocycles. The number of fused-ring (bicyclic) bond motifs is 1. The number of hydrogen-bond donors (Lipinski definition) is 6. The van der Waals surface area contributed by atoms with Crippen LogP contribution < -0.4 is 22.5 Å². The van der Waals surface area contributed by atoms with Gasteiger partial charge in [-0.15, -0.1) is 11.8 Å². The maximum absolute atomic E-state index is 12.8. The molecule has 2 aliphatic rings. The molecule has 1 saturated heterocycles. The van der Waals surface area contributed by atoms with Crippen molar-refractivity contribution in [2.75, 3.05) is 23.0 Å². The summed E-state index contributed by atoms with van der Waals surface area (Å²) >= 11 is 9.25. The van der Waals surface area contributed by atoms with E-state index in [1.54, 1.807) is 11.5 Å². The van der Waals surface area contributed by atoms with Gasteiger partial charge in [0.25, 0.3) is 11.8 Å². The van der Waals surface area contributed by atoms with Crippen LogP contribution in [0.1, 0.15) is 5.69 Å². The highest BCUT2D eigenvalue weighted by molar-refractivity contribution is 8.02. The van der Waals surface area contributed by atoms with Gasteiger partial charge in [-0.25, -0.2) is 14.8 Å². The number of carbonyl (C=O) groups excluding carboxylic acids is 2. The lowest BCUT2D eigenvalue weighted by molar-refractivity contribution is -0.150. The van der Waals surface area contributed by atoms with Crippen LogP contribution in [0.3, 0.4) is 0 Å². The van der Waals surface area contributed by atoms with E-state index in [2.05, 4.69) is 25.4 Å². The number of thioether (sulfide) groups is 2. The molecule has 188 valence electrons. The number of aromatic nitrogens is 3. The van der Waals surface area contributed by atoms with Crippen LogP contribution >= 0.6 is 46.5 Å². The maximum Gasteiger partial charge on any atom is 0.352 e. The summed E-state index contributed by atoms with van der Waals surface area (Å²) in [5, 5.41) is 25.9. The van der Waals surface area contributed by atoms with E-state index in [1.807, 2.05) is 0 Å². The van der Waals surface area contributed by atoms with Gasteiger partial charge in [-0.1, -0.05) is 39.9 Å². The molecule has 2 atom stereocenters. The Morgan fingerprint density at radius 2 is 2.06 bits per heavy atom. The predicted molar refractivity (Wildman–Crippen MR) is 135 cm³/mol. The minimum atomic E-state index is -1.30. The highest BCUT2D eigenvalue weighted by Crippen LogP contribution is 2.41. The summed E-state index contributed by atoms with van der Waals surface area (Å²) in [6, 6.07) is 0.447. The van der Waals surface area contributed by atoms with E-state index in [-0.39, 0.29) is 38.4 Å². The second kappa shape index (κ2) is 10.2. The van der Waals surface area contributed by atoms with E-state index in [0.717, 1.165) is 28.0 Å². The summed E-state index contributed by atoms with van der Waals surface area (Å²) < 4.78 is 0.0294. The van der Waals surface area contributed by atoms with Crippen molar-refractivity contribution in [3.05, 3.63) is 38.9 Å². The summed E-state index contributed by atoms with van der Waals surface area (Å²) in [6.07, 6.45) is 1.55. The van der Waals surface area contributed by atoms with E-state index in [1.165, 1.54) is 17.8 Å². The summed E-state index contributed by atoms with van der Waals surface area (Å²) in [5.41, 5.74) is 16.3. The standard InChI is InChI=1S/C18H16ClN9O5S3/c19-12-8(26-18(22)36-12)9(27-33)13(29)25-10-14(30)28-11(16(31)32)5(4-35-15(10)28)1-2-34-7-3-6(20)23-17(21)24-7/h1-3,10,15,33H,4H2,(H2,22,26)(H,25,29)(H,31,32)(H4,20,21,23,24)/b2-1+,27-9?/t10-,15-/m1/s1. The van der Waals surface area contributed by atoms with Crippen LogP contribution in [0.5, 0.6) is 0 Å². The number of nitrogen functional groups attached to an aromatic ring is 3. The Labute approximate surface area is 219 Å². The zero-order valence-corrected chi connectivity index (χ0v) is 21.0. The number of nitrogens with two attached hydrogens (primary N) is 3. The van der Waals surface area contributed by atoms with Gasteiger partial charge in [-0.05, 0) is 17.1 Å². The molecule has 0 aliphatic carbocycles. The molecule has 9 N–H and O–H groups in total. The monoisotopic (exact) mass is 569 g/mol. The molecular formula is C18H16ClN9O5S3. The highest BCUT2D eigenvalue weighted by Gasteiger charge is 2.54. The van der Waals surface area contributed by atoms with Crippen molar-refractivity contribution in [1.82, 2.24) is 25.2 Å². The third-order valence-corrected chi connectivity index (χ3v) is 7.93. The van der Waals surface area contributed by atoms with Crippen LogP contribution in [0.4, 0.5) is 16.9 Å². The number of amides is 2. The number of anilines is 3. The molecule has 0 radical (unpaired) electrons. The summed E-state index contributed by atoms with van der Waals surface area (Å²) in [6.45, 7) is 0. The average Bonchev–Trinajstić information content (AvgIpc) is 3.14. The molecule has 18 heteroatoms. The Morgan fingerprint density at radius 3 is 2.67 bits per heavy atom. The number of oxime groups is 1. The molecule has 2 amide bonds. The number of carbonyl (C=O) groups is 3. The fourth-order valence-corrected chi connectivity index (χ4v) is 6.31. The van der Waals surface area contributed by atoms with E-state index < -0.39 is 34.9 Å². The van der Waals surface area contributed by atoms with Crippen molar-refractivity contribution < 1.29 is 24.7 Å². The maximum atomic E-state index is 12.8. The first-order valence-electron chi connectivity index (χ1n) is 9.70. The van der Waals surface area contributed by atoms with Gasteiger partial charge >= 0.3 is 5.97 Å². The molecule has 4 heterocycles. The molecule has 0 aromatic carbocycles. The van der Waals surface area contributed by atoms with Crippen LogP contribution in [0.2, 0.25) is 4.34 Å². The smallest absolute Gasteiger partial charge is 0.352 e. The van der Waals surface area contributed by atoms with Crippen molar-refractivity contribution in [2.45, 2.75) is 16.4 Å². The normalized spacial score (nSPS) is 19.9. The number of carboxylic acid groups (broad SMARTS) is 1. The Kier molecular flexibility index (Phi) is 7.25. The molecule has 2 aromatic rings. The van der Waals surface area contributed by atoms with Crippen LogP contribution in [-0.4, -0.2) is 70.8 Å². The fraction of sp³-hybridized carbons (Fsp3) is 0.167. The first-order chi connectivity index (χ1) is 17.1. The van der Waals surface area contributed by atoms with Crippen molar-refractivity contribution in [3.8, 4) is 0 Å². The van der Waals surface area contributed by atoms with Gasteiger partial charge in [0.2, 0.25) is 5.95 Å². The largest absolute Gasteiger partial charge is 0.477 e. The molecule has 0 saturated carbocycles. The number of rotatable bonds is 7.